The summed E-state index contributed by atoms with van der Waals surface area (Å²) in [5, 5.41) is 3.46. The highest BCUT2D eigenvalue weighted by atomic mass is 16.7. The van der Waals surface area contributed by atoms with Crippen LogP contribution in [0.15, 0.2) is 18.2 Å². The number of carbonyl (C=O) groups is 1. The summed E-state index contributed by atoms with van der Waals surface area (Å²) in [5.41, 5.74) is 2.22. The SMILES string of the molecule is C[C@H]1CCN([C@H]2C[C@@H](N3C(=O)C4(CCNCC4)c4ccc(B5OC(C)(C)C(C)(C)O5)cc43)C2)C1. The summed E-state index contributed by atoms with van der Waals surface area (Å²) in [7, 11) is -0.406. The Morgan fingerprint density at radius 3 is 2.32 bits per heavy atom. The summed E-state index contributed by atoms with van der Waals surface area (Å²) in [6.45, 7) is 14.9. The molecule has 4 aliphatic heterocycles. The van der Waals surface area contributed by atoms with E-state index in [4.69, 9.17) is 9.31 Å². The summed E-state index contributed by atoms with van der Waals surface area (Å²) in [4.78, 5) is 19.0. The largest absolute Gasteiger partial charge is 0.494 e. The molecule has 0 aromatic heterocycles. The molecule has 7 heteroatoms. The predicted octanol–water partition coefficient (Wildman–Crippen LogP) is 2.83. The first-order valence-corrected chi connectivity index (χ1v) is 13.4. The quantitative estimate of drug-likeness (QED) is 0.696. The number of benzene rings is 1. The Hall–Kier alpha value is -1.41. The van der Waals surface area contributed by atoms with E-state index in [2.05, 4.69) is 67.9 Å². The zero-order valence-corrected chi connectivity index (χ0v) is 21.5. The molecule has 1 aromatic rings. The van der Waals surface area contributed by atoms with Crippen LogP contribution in [0.2, 0.25) is 0 Å². The van der Waals surface area contributed by atoms with Crippen LogP contribution >= 0.6 is 0 Å². The Kier molecular flexibility index (Phi) is 5.28. The third-order valence-corrected chi connectivity index (χ3v) is 9.83. The van der Waals surface area contributed by atoms with Crippen molar-refractivity contribution in [2.24, 2.45) is 5.92 Å². The van der Waals surface area contributed by atoms with Crippen molar-refractivity contribution in [2.45, 2.75) is 95.4 Å². The Morgan fingerprint density at radius 2 is 1.71 bits per heavy atom. The van der Waals surface area contributed by atoms with Gasteiger partial charge in [0, 0.05) is 24.3 Å². The van der Waals surface area contributed by atoms with E-state index in [1.165, 1.54) is 25.1 Å². The fraction of sp³-hybridized carbons (Fsp3) is 0.741. The summed E-state index contributed by atoms with van der Waals surface area (Å²) < 4.78 is 12.7. The number of nitrogens with zero attached hydrogens (tertiary/aromatic N) is 2. The average Bonchev–Trinajstić information content (AvgIpc) is 3.35. The minimum Gasteiger partial charge on any atom is -0.399 e. The number of rotatable bonds is 3. The first-order valence-electron chi connectivity index (χ1n) is 13.4. The van der Waals surface area contributed by atoms with Crippen molar-refractivity contribution in [3.63, 3.8) is 0 Å². The van der Waals surface area contributed by atoms with Gasteiger partial charge >= 0.3 is 7.12 Å². The van der Waals surface area contributed by atoms with E-state index in [1.54, 1.807) is 0 Å². The number of hydrogen-bond donors (Lipinski definition) is 1. The number of nitrogens with one attached hydrogen (secondary N) is 1. The maximum atomic E-state index is 14.1. The molecule has 6 nitrogen and oxygen atoms in total. The molecule has 184 valence electrons. The molecule has 1 amide bonds. The van der Waals surface area contributed by atoms with Gasteiger partial charge < -0.3 is 19.5 Å². The Balaban J connectivity index is 1.31. The Labute approximate surface area is 204 Å². The molecular weight excluding hydrogens is 425 g/mol. The van der Waals surface area contributed by atoms with Crippen LogP contribution in [0, 0.1) is 5.92 Å². The Morgan fingerprint density at radius 1 is 1.03 bits per heavy atom. The zero-order chi connectivity index (χ0) is 23.9. The molecule has 1 spiro atoms. The van der Waals surface area contributed by atoms with Crippen molar-refractivity contribution in [1.29, 1.82) is 0 Å². The summed E-state index contributed by atoms with van der Waals surface area (Å²) in [6, 6.07) is 7.47. The van der Waals surface area contributed by atoms with Gasteiger partial charge in [0.2, 0.25) is 5.91 Å². The monoisotopic (exact) mass is 465 g/mol. The maximum Gasteiger partial charge on any atom is 0.494 e. The molecule has 0 unspecified atom stereocenters. The van der Waals surface area contributed by atoms with E-state index in [9.17, 15) is 4.79 Å². The minimum absolute atomic E-state index is 0.301. The summed E-state index contributed by atoms with van der Waals surface area (Å²) in [6.07, 6.45) is 5.25. The van der Waals surface area contributed by atoms with E-state index in [0.717, 1.165) is 55.8 Å². The highest BCUT2D eigenvalue weighted by molar-refractivity contribution is 6.62. The van der Waals surface area contributed by atoms with Crippen LogP contribution < -0.4 is 15.7 Å². The van der Waals surface area contributed by atoms with E-state index >= 15 is 0 Å². The zero-order valence-electron chi connectivity index (χ0n) is 21.5. The van der Waals surface area contributed by atoms with Gasteiger partial charge in [-0.25, -0.2) is 0 Å². The molecule has 5 aliphatic rings. The lowest BCUT2D eigenvalue weighted by molar-refractivity contribution is -0.125. The summed E-state index contributed by atoms with van der Waals surface area (Å²) >= 11 is 0. The van der Waals surface area contributed by atoms with Crippen molar-refractivity contribution < 1.29 is 14.1 Å². The standard InChI is InChI=1S/C27H40BN3O3/c1-18-8-13-30(17-18)20-15-21(16-20)31-23-14-19(28-33-25(2,3)26(4,5)34-28)6-7-22(23)27(24(31)32)9-11-29-12-10-27/h6-7,14,18,20-21,29H,8-13,15-17H2,1-5H3/t18-,20-,21+/m0/s1. The topological polar surface area (TPSA) is 54.0 Å². The fourth-order valence-corrected chi connectivity index (χ4v) is 6.80. The van der Waals surface area contributed by atoms with E-state index in [0.29, 0.717) is 18.0 Å². The maximum absolute atomic E-state index is 14.1. The van der Waals surface area contributed by atoms with Gasteiger partial charge in [0.15, 0.2) is 0 Å². The first kappa shape index (κ1) is 23.0. The lowest BCUT2D eigenvalue weighted by Gasteiger charge is -2.46. The number of anilines is 1. The number of hydrogen-bond acceptors (Lipinski definition) is 5. The molecule has 4 fully saturated rings. The number of likely N-dealkylation sites (tertiary alicyclic amines) is 1. The van der Waals surface area contributed by atoms with Gasteiger partial charge in [0.25, 0.3) is 0 Å². The average molecular weight is 465 g/mol. The van der Waals surface area contributed by atoms with Crippen LogP contribution in [0.25, 0.3) is 0 Å². The van der Waals surface area contributed by atoms with Crippen LogP contribution in [-0.4, -0.2) is 67.4 Å². The Bertz CT molecular complexity index is 967. The van der Waals surface area contributed by atoms with Crippen LogP contribution in [0.1, 0.15) is 72.3 Å². The van der Waals surface area contributed by atoms with Gasteiger partial charge in [0.1, 0.15) is 0 Å². The van der Waals surface area contributed by atoms with Crippen LogP contribution in [0.3, 0.4) is 0 Å². The molecule has 1 N–H and O–H groups in total. The fourth-order valence-electron chi connectivity index (χ4n) is 6.80. The molecular formula is C27H40BN3O3. The third-order valence-electron chi connectivity index (χ3n) is 9.83. The molecule has 34 heavy (non-hydrogen) atoms. The molecule has 0 radical (unpaired) electrons. The first-order chi connectivity index (χ1) is 16.1. The van der Waals surface area contributed by atoms with Gasteiger partial charge in [-0.15, -0.1) is 0 Å². The number of amides is 1. The number of piperidine rings is 1. The van der Waals surface area contributed by atoms with Crippen molar-refractivity contribution in [2.75, 3.05) is 31.1 Å². The van der Waals surface area contributed by atoms with Crippen molar-refractivity contribution in [3.8, 4) is 0 Å². The van der Waals surface area contributed by atoms with Crippen LogP contribution in [0.5, 0.6) is 0 Å². The van der Waals surface area contributed by atoms with Gasteiger partial charge in [-0.05, 0) is 102 Å². The van der Waals surface area contributed by atoms with Gasteiger partial charge in [-0.1, -0.05) is 19.1 Å². The number of fused-ring (bicyclic) bond motifs is 2. The lowest BCUT2D eigenvalue weighted by atomic mass is 9.72. The normalized spacial score (nSPS) is 34.0. The number of carbonyl (C=O) groups excluding carboxylic acids is 1. The molecule has 1 aromatic carbocycles. The smallest absolute Gasteiger partial charge is 0.399 e. The van der Waals surface area contributed by atoms with Gasteiger partial charge in [0.05, 0.1) is 16.6 Å². The predicted molar refractivity (Wildman–Crippen MR) is 136 cm³/mol. The van der Waals surface area contributed by atoms with E-state index in [-0.39, 0.29) is 16.6 Å². The molecule has 6 rings (SSSR count). The summed E-state index contributed by atoms with van der Waals surface area (Å²) in [5.74, 6) is 1.13. The molecule has 0 bridgehead atoms. The van der Waals surface area contributed by atoms with Crippen LogP contribution in [0.4, 0.5) is 5.69 Å². The second-order valence-corrected chi connectivity index (χ2v) is 12.5. The van der Waals surface area contributed by atoms with Crippen molar-refractivity contribution in [3.05, 3.63) is 23.8 Å². The molecule has 3 saturated heterocycles. The van der Waals surface area contributed by atoms with Gasteiger partial charge in [-0.3, -0.25) is 9.69 Å². The van der Waals surface area contributed by atoms with Crippen LogP contribution in [-0.2, 0) is 19.5 Å². The third kappa shape index (κ3) is 3.34. The highest BCUT2D eigenvalue weighted by Crippen LogP contribution is 2.50. The van der Waals surface area contributed by atoms with Crippen molar-refractivity contribution >= 4 is 24.2 Å². The molecule has 1 aliphatic carbocycles. The van der Waals surface area contributed by atoms with E-state index in [1.807, 2.05) is 0 Å². The van der Waals surface area contributed by atoms with Crippen molar-refractivity contribution in [1.82, 2.24) is 10.2 Å². The minimum atomic E-state index is -0.406. The van der Waals surface area contributed by atoms with Gasteiger partial charge in [-0.2, -0.15) is 0 Å². The molecule has 1 atom stereocenters. The highest BCUT2D eigenvalue weighted by Gasteiger charge is 2.56. The lowest BCUT2D eigenvalue weighted by Crippen LogP contribution is -2.57. The molecule has 4 heterocycles. The van der Waals surface area contributed by atoms with E-state index < -0.39 is 7.12 Å². The second kappa shape index (κ2) is 7.80. The molecule has 1 saturated carbocycles. The second-order valence-electron chi connectivity index (χ2n) is 12.5.